The summed E-state index contributed by atoms with van der Waals surface area (Å²) in [5.74, 6) is 1.62. The molecule has 5 nitrogen and oxygen atoms in total. The maximum absolute atomic E-state index is 12.0. The lowest BCUT2D eigenvalue weighted by Crippen LogP contribution is -2.43. The largest absolute Gasteiger partial charge is 0.493 e. The van der Waals surface area contributed by atoms with Crippen molar-refractivity contribution in [2.45, 2.75) is 43.6 Å². The maximum atomic E-state index is 12.0. The third kappa shape index (κ3) is 5.05. The zero-order chi connectivity index (χ0) is 21.4. The molecular weight excluding hydrogens is 398 g/mol. The van der Waals surface area contributed by atoms with Crippen molar-refractivity contribution in [3.8, 4) is 16.9 Å². The van der Waals surface area contributed by atoms with Gasteiger partial charge >= 0.3 is 0 Å². The number of benzene rings is 2. The van der Waals surface area contributed by atoms with Crippen LogP contribution in [0.2, 0.25) is 0 Å². The first-order valence-electron chi connectivity index (χ1n) is 10.7. The highest BCUT2D eigenvalue weighted by Gasteiger charge is 2.26. The highest BCUT2D eigenvalue weighted by Crippen LogP contribution is 2.31. The average Bonchev–Trinajstić information content (AvgIpc) is 3.01. The number of aryl methyl sites for hydroxylation is 1. The first-order valence-corrected chi connectivity index (χ1v) is 12.4. The average molecular weight is 430 g/mol. The van der Waals surface area contributed by atoms with Crippen LogP contribution in [-0.2, 0) is 16.3 Å². The summed E-state index contributed by atoms with van der Waals surface area (Å²) in [6.07, 6.45) is 2.78. The van der Waals surface area contributed by atoms with Crippen molar-refractivity contribution in [1.82, 2.24) is 4.90 Å². The van der Waals surface area contributed by atoms with Gasteiger partial charge in [-0.2, -0.15) is 0 Å². The summed E-state index contributed by atoms with van der Waals surface area (Å²) in [5, 5.41) is 9.97. The molecule has 0 aliphatic carbocycles. The highest BCUT2D eigenvalue weighted by atomic mass is 32.2. The molecule has 1 fully saturated rings. The number of ether oxygens (including phenoxy) is 1. The molecule has 2 aromatic carbocycles. The molecule has 2 aromatic rings. The Morgan fingerprint density at radius 3 is 2.40 bits per heavy atom. The third-order valence-corrected chi connectivity index (χ3v) is 7.84. The second-order valence-electron chi connectivity index (χ2n) is 9.26. The van der Waals surface area contributed by atoms with E-state index in [9.17, 15) is 13.5 Å². The van der Waals surface area contributed by atoms with Crippen LogP contribution in [0.3, 0.4) is 0 Å². The van der Waals surface area contributed by atoms with Gasteiger partial charge in [0.05, 0.1) is 22.9 Å². The van der Waals surface area contributed by atoms with Gasteiger partial charge in [0, 0.05) is 6.54 Å². The van der Waals surface area contributed by atoms with E-state index in [4.69, 9.17) is 4.74 Å². The molecule has 0 bridgehead atoms. The molecule has 1 N–H and O–H groups in total. The fraction of sp³-hybridized carbons (Fsp3) is 0.500. The molecule has 6 heteroatoms. The topological polar surface area (TPSA) is 66.8 Å². The van der Waals surface area contributed by atoms with Gasteiger partial charge in [0.1, 0.15) is 5.75 Å². The predicted octanol–water partition coefficient (Wildman–Crippen LogP) is 3.55. The fourth-order valence-electron chi connectivity index (χ4n) is 4.43. The summed E-state index contributed by atoms with van der Waals surface area (Å²) in [6.45, 7) is 7.16. The molecule has 1 saturated heterocycles. The monoisotopic (exact) mass is 429 g/mol. The van der Waals surface area contributed by atoms with Gasteiger partial charge in [-0.3, -0.25) is 0 Å². The lowest BCUT2D eigenvalue weighted by Gasteiger charge is -2.35. The Bertz CT molecular complexity index is 985. The number of hydrogen-bond donors (Lipinski definition) is 1. The SMILES string of the molecule is CC(C)(O)CN1CCC(COc2ccc(-c3ccc4c(c3)CCS4(=O)=O)cc2)CC1. The Hall–Kier alpha value is -1.89. The van der Waals surface area contributed by atoms with Crippen molar-refractivity contribution >= 4 is 9.84 Å². The second kappa shape index (κ2) is 8.33. The van der Waals surface area contributed by atoms with Crippen LogP contribution >= 0.6 is 0 Å². The van der Waals surface area contributed by atoms with Crippen LogP contribution in [0.1, 0.15) is 32.3 Å². The zero-order valence-electron chi connectivity index (χ0n) is 17.8. The number of rotatable bonds is 6. The van der Waals surface area contributed by atoms with E-state index in [1.807, 2.05) is 50.2 Å². The minimum atomic E-state index is -3.08. The van der Waals surface area contributed by atoms with Gasteiger partial charge in [-0.1, -0.05) is 18.2 Å². The van der Waals surface area contributed by atoms with Crippen LogP contribution in [0, 0.1) is 5.92 Å². The number of sulfone groups is 1. The second-order valence-corrected chi connectivity index (χ2v) is 11.3. The van der Waals surface area contributed by atoms with Gasteiger partial charge in [-0.15, -0.1) is 0 Å². The van der Waals surface area contributed by atoms with Crippen LogP contribution < -0.4 is 4.74 Å². The summed E-state index contributed by atoms with van der Waals surface area (Å²) in [6, 6.07) is 13.7. The molecule has 30 heavy (non-hydrogen) atoms. The number of hydrogen-bond acceptors (Lipinski definition) is 5. The van der Waals surface area contributed by atoms with E-state index in [0.29, 0.717) is 23.8 Å². The van der Waals surface area contributed by atoms with Crippen molar-refractivity contribution in [2.75, 3.05) is 32.0 Å². The molecule has 0 amide bonds. The van der Waals surface area contributed by atoms with Crippen molar-refractivity contribution < 1.29 is 18.3 Å². The van der Waals surface area contributed by atoms with Crippen LogP contribution in [0.15, 0.2) is 47.4 Å². The number of fused-ring (bicyclic) bond motifs is 1. The number of aliphatic hydroxyl groups is 1. The minimum Gasteiger partial charge on any atom is -0.493 e. The molecule has 2 aliphatic rings. The maximum Gasteiger partial charge on any atom is 0.178 e. The third-order valence-electron chi connectivity index (χ3n) is 6.03. The molecule has 0 unspecified atom stereocenters. The Morgan fingerprint density at radius 2 is 1.73 bits per heavy atom. The molecular formula is C24H31NO4S. The summed E-state index contributed by atoms with van der Waals surface area (Å²) in [4.78, 5) is 2.81. The van der Waals surface area contributed by atoms with Crippen LogP contribution in [0.4, 0.5) is 0 Å². The van der Waals surface area contributed by atoms with E-state index in [1.54, 1.807) is 6.07 Å². The molecule has 4 rings (SSSR count). The summed E-state index contributed by atoms with van der Waals surface area (Å²) in [7, 11) is -3.08. The molecule has 0 radical (unpaired) electrons. The Morgan fingerprint density at radius 1 is 1.07 bits per heavy atom. The summed E-state index contributed by atoms with van der Waals surface area (Å²) in [5.41, 5.74) is 2.38. The normalized spacial score (nSPS) is 19.6. The van der Waals surface area contributed by atoms with E-state index in [0.717, 1.165) is 54.9 Å². The van der Waals surface area contributed by atoms with E-state index in [2.05, 4.69) is 4.90 Å². The van der Waals surface area contributed by atoms with Crippen molar-refractivity contribution in [3.05, 3.63) is 48.0 Å². The van der Waals surface area contributed by atoms with Crippen molar-refractivity contribution in [2.24, 2.45) is 5.92 Å². The lowest BCUT2D eigenvalue weighted by atomic mass is 9.96. The molecule has 162 valence electrons. The Balaban J connectivity index is 1.31. The minimum absolute atomic E-state index is 0.218. The Labute approximate surface area is 179 Å². The Kier molecular flexibility index (Phi) is 5.93. The molecule has 0 atom stereocenters. The van der Waals surface area contributed by atoms with Crippen LogP contribution in [0.25, 0.3) is 11.1 Å². The first kappa shape index (κ1) is 21.3. The van der Waals surface area contributed by atoms with Crippen LogP contribution in [0.5, 0.6) is 5.75 Å². The quantitative estimate of drug-likeness (QED) is 0.761. The van der Waals surface area contributed by atoms with E-state index < -0.39 is 15.4 Å². The fourth-order valence-corrected chi connectivity index (χ4v) is 5.97. The van der Waals surface area contributed by atoms with Crippen LogP contribution in [-0.4, -0.2) is 56.0 Å². The molecule has 2 aliphatic heterocycles. The van der Waals surface area contributed by atoms with Gasteiger partial charge in [0.2, 0.25) is 0 Å². The molecule has 0 saturated carbocycles. The van der Waals surface area contributed by atoms with Gasteiger partial charge < -0.3 is 14.7 Å². The van der Waals surface area contributed by atoms with E-state index >= 15 is 0 Å². The van der Waals surface area contributed by atoms with Crippen molar-refractivity contribution in [3.63, 3.8) is 0 Å². The first-order chi connectivity index (χ1) is 14.2. The lowest BCUT2D eigenvalue weighted by molar-refractivity contribution is 0.0212. The smallest absolute Gasteiger partial charge is 0.178 e. The molecule has 0 aromatic heterocycles. The van der Waals surface area contributed by atoms with Gasteiger partial charge in [-0.25, -0.2) is 8.42 Å². The summed E-state index contributed by atoms with van der Waals surface area (Å²) < 4.78 is 30.0. The van der Waals surface area contributed by atoms with E-state index in [-0.39, 0.29) is 5.75 Å². The van der Waals surface area contributed by atoms with Crippen molar-refractivity contribution in [1.29, 1.82) is 0 Å². The molecule has 2 heterocycles. The standard InChI is InChI=1S/C24H31NO4S/c1-24(2,26)17-25-12-9-18(10-13-25)16-29-22-6-3-19(4-7-22)20-5-8-23-21(15-20)11-14-30(23,27)28/h3-8,15,18,26H,9-14,16-17H2,1-2H3. The number of β-amino-alcohol motifs (C(OH)–C–C–N with tert-alkyl or cyclic N) is 1. The summed E-state index contributed by atoms with van der Waals surface area (Å²) >= 11 is 0. The van der Waals surface area contributed by atoms with Gasteiger partial charge in [0.15, 0.2) is 9.84 Å². The number of likely N-dealkylation sites (tertiary alicyclic amines) is 1. The zero-order valence-corrected chi connectivity index (χ0v) is 18.6. The number of piperidine rings is 1. The van der Waals surface area contributed by atoms with Gasteiger partial charge in [0.25, 0.3) is 0 Å². The predicted molar refractivity (Wildman–Crippen MR) is 119 cm³/mol. The van der Waals surface area contributed by atoms with E-state index in [1.165, 1.54) is 0 Å². The van der Waals surface area contributed by atoms with Gasteiger partial charge in [-0.05, 0) is 93.1 Å². The number of nitrogens with zero attached hydrogens (tertiary/aromatic N) is 1. The highest BCUT2D eigenvalue weighted by molar-refractivity contribution is 7.91. The molecule has 0 spiro atoms.